The molecule has 0 radical (unpaired) electrons. The lowest BCUT2D eigenvalue weighted by Crippen LogP contribution is -2.53. The summed E-state index contributed by atoms with van der Waals surface area (Å²) in [6.45, 7) is 4.84. The molecule has 102 valence electrons. The number of carboxylic acid groups (broad SMARTS) is 1. The molecule has 1 aromatic carbocycles. The number of aliphatic carboxylic acids is 1. The van der Waals surface area contributed by atoms with Crippen LogP contribution < -0.4 is 0 Å². The normalized spacial score (nSPS) is 16.8. The van der Waals surface area contributed by atoms with E-state index in [-0.39, 0.29) is 17.7 Å². The SMILES string of the molecule is Cc1cccc(CC(=O)N2CC(C(C)C(=O)O)C2)c1. The number of likely N-dealkylation sites (tertiary alicyclic amines) is 1. The molecule has 1 atom stereocenters. The first-order valence-electron chi connectivity index (χ1n) is 6.53. The smallest absolute Gasteiger partial charge is 0.306 e. The van der Waals surface area contributed by atoms with Gasteiger partial charge < -0.3 is 10.0 Å². The maximum atomic E-state index is 12.0. The summed E-state index contributed by atoms with van der Waals surface area (Å²) in [6.07, 6.45) is 0.399. The highest BCUT2D eigenvalue weighted by molar-refractivity contribution is 5.80. The molecule has 2 rings (SSSR count). The Morgan fingerprint density at radius 2 is 2.11 bits per heavy atom. The second-order valence-corrected chi connectivity index (χ2v) is 5.35. The maximum absolute atomic E-state index is 12.0. The quantitative estimate of drug-likeness (QED) is 0.897. The Morgan fingerprint density at radius 1 is 1.42 bits per heavy atom. The van der Waals surface area contributed by atoms with Crippen molar-refractivity contribution in [3.8, 4) is 0 Å². The van der Waals surface area contributed by atoms with E-state index in [0.29, 0.717) is 19.5 Å². The number of hydrogen-bond donors (Lipinski definition) is 1. The lowest BCUT2D eigenvalue weighted by atomic mass is 9.86. The lowest BCUT2D eigenvalue weighted by molar-refractivity contribution is -0.150. The highest BCUT2D eigenvalue weighted by Crippen LogP contribution is 2.24. The molecule has 4 nitrogen and oxygen atoms in total. The molecule has 1 amide bonds. The van der Waals surface area contributed by atoms with Crippen molar-refractivity contribution in [2.24, 2.45) is 11.8 Å². The van der Waals surface area contributed by atoms with Gasteiger partial charge in [-0.1, -0.05) is 36.8 Å². The van der Waals surface area contributed by atoms with Gasteiger partial charge in [-0.2, -0.15) is 0 Å². The van der Waals surface area contributed by atoms with Gasteiger partial charge in [-0.15, -0.1) is 0 Å². The van der Waals surface area contributed by atoms with E-state index in [2.05, 4.69) is 0 Å². The van der Waals surface area contributed by atoms with Crippen LogP contribution >= 0.6 is 0 Å². The Morgan fingerprint density at radius 3 is 2.68 bits per heavy atom. The lowest BCUT2D eigenvalue weighted by Gasteiger charge is -2.41. The van der Waals surface area contributed by atoms with Gasteiger partial charge in [0, 0.05) is 19.0 Å². The van der Waals surface area contributed by atoms with Crippen LogP contribution in [0.2, 0.25) is 0 Å². The number of benzene rings is 1. The molecule has 1 aromatic rings. The molecule has 1 heterocycles. The largest absolute Gasteiger partial charge is 0.481 e. The Balaban J connectivity index is 1.85. The molecule has 1 aliphatic rings. The first kappa shape index (κ1) is 13.6. The zero-order chi connectivity index (χ0) is 14.0. The van der Waals surface area contributed by atoms with E-state index in [0.717, 1.165) is 11.1 Å². The van der Waals surface area contributed by atoms with E-state index in [9.17, 15) is 9.59 Å². The second kappa shape index (κ2) is 5.43. The van der Waals surface area contributed by atoms with Gasteiger partial charge >= 0.3 is 5.97 Å². The van der Waals surface area contributed by atoms with Crippen LogP contribution in [-0.4, -0.2) is 35.0 Å². The molecule has 0 aliphatic carbocycles. The van der Waals surface area contributed by atoms with E-state index in [1.165, 1.54) is 0 Å². The Labute approximate surface area is 113 Å². The van der Waals surface area contributed by atoms with Crippen molar-refractivity contribution >= 4 is 11.9 Å². The minimum atomic E-state index is -0.782. The first-order valence-corrected chi connectivity index (χ1v) is 6.53. The zero-order valence-corrected chi connectivity index (χ0v) is 11.3. The highest BCUT2D eigenvalue weighted by Gasteiger charge is 2.36. The van der Waals surface area contributed by atoms with Crippen LogP contribution in [0.15, 0.2) is 24.3 Å². The van der Waals surface area contributed by atoms with Gasteiger partial charge in [-0.05, 0) is 12.5 Å². The average molecular weight is 261 g/mol. The Kier molecular flexibility index (Phi) is 3.88. The Bertz CT molecular complexity index is 492. The first-order chi connectivity index (χ1) is 8.97. The molecule has 0 saturated carbocycles. The molecule has 19 heavy (non-hydrogen) atoms. The van der Waals surface area contributed by atoms with E-state index in [1.807, 2.05) is 31.2 Å². The van der Waals surface area contributed by atoms with Gasteiger partial charge in [0.1, 0.15) is 0 Å². The minimum absolute atomic E-state index is 0.0828. The number of hydrogen-bond acceptors (Lipinski definition) is 2. The van der Waals surface area contributed by atoms with Crippen LogP contribution in [0.3, 0.4) is 0 Å². The third kappa shape index (κ3) is 3.13. The predicted octanol–water partition coefficient (Wildman–Crippen LogP) is 1.72. The third-order valence-electron chi connectivity index (χ3n) is 3.80. The summed E-state index contributed by atoms with van der Waals surface area (Å²) < 4.78 is 0. The predicted molar refractivity (Wildman–Crippen MR) is 71.8 cm³/mol. The number of aryl methyl sites for hydroxylation is 1. The number of nitrogens with zero attached hydrogens (tertiary/aromatic N) is 1. The number of amides is 1. The van der Waals surface area contributed by atoms with Crippen molar-refractivity contribution in [1.29, 1.82) is 0 Å². The minimum Gasteiger partial charge on any atom is -0.481 e. The third-order valence-corrected chi connectivity index (χ3v) is 3.80. The number of carbonyl (C=O) groups excluding carboxylic acids is 1. The van der Waals surface area contributed by atoms with Gasteiger partial charge in [-0.3, -0.25) is 9.59 Å². The number of carboxylic acids is 1. The summed E-state index contributed by atoms with van der Waals surface area (Å²) >= 11 is 0. The zero-order valence-electron chi connectivity index (χ0n) is 11.3. The van der Waals surface area contributed by atoms with Crippen molar-refractivity contribution in [3.05, 3.63) is 35.4 Å². The van der Waals surface area contributed by atoms with E-state index in [1.54, 1.807) is 11.8 Å². The van der Waals surface area contributed by atoms with Crippen LogP contribution in [0.5, 0.6) is 0 Å². The van der Waals surface area contributed by atoms with Crippen LogP contribution in [0.1, 0.15) is 18.1 Å². The molecule has 0 spiro atoms. The van der Waals surface area contributed by atoms with E-state index >= 15 is 0 Å². The summed E-state index contributed by atoms with van der Waals surface area (Å²) in [5.41, 5.74) is 2.16. The molecule has 4 heteroatoms. The summed E-state index contributed by atoms with van der Waals surface area (Å²) in [7, 11) is 0. The fourth-order valence-corrected chi connectivity index (χ4v) is 2.34. The van der Waals surface area contributed by atoms with Gasteiger partial charge in [0.25, 0.3) is 0 Å². The van der Waals surface area contributed by atoms with Gasteiger partial charge in [0.15, 0.2) is 0 Å². The van der Waals surface area contributed by atoms with Gasteiger partial charge in [0.05, 0.1) is 12.3 Å². The van der Waals surface area contributed by atoms with E-state index < -0.39 is 5.97 Å². The van der Waals surface area contributed by atoms with Gasteiger partial charge in [-0.25, -0.2) is 0 Å². The molecule has 1 N–H and O–H groups in total. The molecule has 1 aliphatic heterocycles. The molecular formula is C15H19NO3. The molecular weight excluding hydrogens is 242 g/mol. The van der Waals surface area contributed by atoms with Crippen LogP contribution in [0.25, 0.3) is 0 Å². The van der Waals surface area contributed by atoms with Crippen LogP contribution in [0, 0.1) is 18.8 Å². The van der Waals surface area contributed by atoms with Crippen LogP contribution in [-0.2, 0) is 16.0 Å². The number of rotatable bonds is 4. The van der Waals surface area contributed by atoms with E-state index in [4.69, 9.17) is 5.11 Å². The summed E-state index contributed by atoms with van der Waals surface area (Å²) in [6, 6.07) is 7.91. The summed E-state index contributed by atoms with van der Waals surface area (Å²) in [5.74, 6) is -0.975. The molecule has 0 aromatic heterocycles. The standard InChI is InChI=1S/C15H19NO3/c1-10-4-3-5-12(6-10)7-14(17)16-8-13(9-16)11(2)15(18)19/h3-6,11,13H,7-9H2,1-2H3,(H,18,19). The van der Waals surface area contributed by atoms with Gasteiger partial charge in [0.2, 0.25) is 5.91 Å². The van der Waals surface area contributed by atoms with Crippen molar-refractivity contribution in [2.75, 3.05) is 13.1 Å². The fraction of sp³-hybridized carbons (Fsp3) is 0.467. The second-order valence-electron chi connectivity index (χ2n) is 5.35. The summed E-state index contributed by atoms with van der Waals surface area (Å²) in [5, 5.41) is 8.90. The highest BCUT2D eigenvalue weighted by atomic mass is 16.4. The summed E-state index contributed by atoms with van der Waals surface area (Å²) in [4.78, 5) is 24.6. The number of carbonyl (C=O) groups is 2. The van der Waals surface area contributed by atoms with Crippen molar-refractivity contribution in [3.63, 3.8) is 0 Å². The van der Waals surface area contributed by atoms with Crippen LogP contribution in [0.4, 0.5) is 0 Å². The van der Waals surface area contributed by atoms with Crippen molar-refractivity contribution < 1.29 is 14.7 Å². The molecule has 1 saturated heterocycles. The molecule has 1 fully saturated rings. The molecule has 0 bridgehead atoms. The monoisotopic (exact) mass is 261 g/mol. The Hall–Kier alpha value is -1.84. The maximum Gasteiger partial charge on any atom is 0.306 e. The molecule has 1 unspecified atom stereocenters. The van der Waals surface area contributed by atoms with Crippen molar-refractivity contribution in [1.82, 2.24) is 4.90 Å². The fourth-order valence-electron chi connectivity index (χ4n) is 2.34. The van der Waals surface area contributed by atoms with Crippen molar-refractivity contribution in [2.45, 2.75) is 20.3 Å². The average Bonchev–Trinajstić information content (AvgIpc) is 2.26. The topological polar surface area (TPSA) is 57.6 Å².